The lowest BCUT2D eigenvalue weighted by Crippen LogP contribution is -2.39. The van der Waals surface area contributed by atoms with E-state index in [4.69, 9.17) is 4.74 Å². The summed E-state index contributed by atoms with van der Waals surface area (Å²) >= 11 is 1.54. The molecule has 3 aromatic rings. The van der Waals surface area contributed by atoms with Crippen molar-refractivity contribution in [3.63, 3.8) is 0 Å². The number of benzene rings is 2. The van der Waals surface area contributed by atoms with Crippen LogP contribution in [0, 0.1) is 6.92 Å². The van der Waals surface area contributed by atoms with Crippen LogP contribution in [0.5, 0.6) is 11.5 Å². The van der Waals surface area contributed by atoms with Gasteiger partial charge in [-0.3, -0.25) is 0 Å². The Morgan fingerprint density at radius 1 is 1.04 bits per heavy atom. The molecule has 24 heavy (non-hydrogen) atoms. The average molecular weight is 353 g/mol. The molecule has 1 unspecified atom stereocenters. The van der Waals surface area contributed by atoms with E-state index in [0.717, 1.165) is 22.1 Å². The molecule has 126 valence electrons. The minimum atomic E-state index is -4.75. The molecular formula is C17H14F3NO2S. The van der Waals surface area contributed by atoms with Crippen LogP contribution in [0.3, 0.4) is 0 Å². The van der Waals surface area contributed by atoms with Crippen molar-refractivity contribution in [3.8, 4) is 11.5 Å². The largest absolute Gasteiger partial charge is 0.457 e. The normalized spacial score (nSPS) is 14.6. The second kappa shape index (κ2) is 5.75. The molecule has 0 aliphatic rings. The van der Waals surface area contributed by atoms with E-state index < -0.39 is 11.8 Å². The number of nitrogens with zero attached hydrogens (tertiary/aromatic N) is 1. The first-order valence-electron chi connectivity index (χ1n) is 7.11. The van der Waals surface area contributed by atoms with Gasteiger partial charge in [-0.25, -0.2) is 4.98 Å². The van der Waals surface area contributed by atoms with E-state index in [1.54, 1.807) is 6.07 Å². The van der Waals surface area contributed by atoms with Crippen molar-refractivity contribution >= 4 is 21.6 Å². The van der Waals surface area contributed by atoms with Crippen molar-refractivity contribution < 1.29 is 23.0 Å². The van der Waals surface area contributed by atoms with Crippen LogP contribution >= 0.6 is 11.3 Å². The summed E-state index contributed by atoms with van der Waals surface area (Å²) in [5, 5.41) is 10.6. The van der Waals surface area contributed by atoms with Gasteiger partial charge < -0.3 is 9.84 Å². The minimum Gasteiger partial charge on any atom is -0.457 e. The number of aromatic nitrogens is 1. The molecule has 0 bridgehead atoms. The van der Waals surface area contributed by atoms with E-state index in [-0.39, 0.29) is 5.56 Å². The molecule has 3 rings (SSSR count). The SMILES string of the molecule is Cc1nc2ccc(Oc3ccc(C(C)(O)C(F)(F)F)cc3)cc2s1. The zero-order valence-corrected chi connectivity index (χ0v) is 13.7. The summed E-state index contributed by atoms with van der Waals surface area (Å²) in [7, 11) is 0. The number of ether oxygens (including phenoxy) is 1. The van der Waals surface area contributed by atoms with Crippen LogP contribution in [0.25, 0.3) is 10.2 Å². The third-order valence-corrected chi connectivity index (χ3v) is 4.60. The van der Waals surface area contributed by atoms with E-state index in [0.29, 0.717) is 11.5 Å². The Balaban J connectivity index is 1.83. The smallest absolute Gasteiger partial charge is 0.421 e. The lowest BCUT2D eigenvalue weighted by Gasteiger charge is -2.26. The van der Waals surface area contributed by atoms with Crippen molar-refractivity contribution in [2.24, 2.45) is 0 Å². The summed E-state index contributed by atoms with van der Waals surface area (Å²) in [5.41, 5.74) is -2.26. The second-order valence-corrected chi connectivity index (χ2v) is 6.79. The minimum absolute atomic E-state index is 0.240. The zero-order chi connectivity index (χ0) is 17.5. The van der Waals surface area contributed by atoms with Crippen molar-refractivity contribution in [3.05, 3.63) is 53.0 Å². The number of hydrogen-bond acceptors (Lipinski definition) is 4. The molecule has 0 aliphatic carbocycles. The van der Waals surface area contributed by atoms with Gasteiger partial charge in [0.25, 0.3) is 0 Å². The first kappa shape index (κ1) is 16.7. The Morgan fingerprint density at radius 3 is 2.29 bits per heavy atom. The Morgan fingerprint density at radius 2 is 1.67 bits per heavy atom. The predicted octanol–water partition coefficient (Wildman–Crippen LogP) is 5.17. The Hall–Kier alpha value is -2.12. The van der Waals surface area contributed by atoms with Gasteiger partial charge >= 0.3 is 6.18 Å². The lowest BCUT2D eigenvalue weighted by atomic mass is 9.95. The van der Waals surface area contributed by atoms with Gasteiger partial charge in [-0.05, 0) is 43.7 Å². The summed E-state index contributed by atoms with van der Waals surface area (Å²) in [5.74, 6) is 0.957. The van der Waals surface area contributed by atoms with E-state index in [9.17, 15) is 18.3 Å². The molecule has 1 atom stereocenters. The standard InChI is InChI=1S/C17H14F3NO2S/c1-10-21-14-8-7-13(9-15(14)24-10)23-12-5-3-11(4-6-12)16(2,22)17(18,19)20/h3-9,22H,1-2H3. The number of aryl methyl sites for hydroxylation is 1. The highest BCUT2D eigenvalue weighted by Crippen LogP contribution is 2.39. The molecule has 0 aliphatic heterocycles. The van der Waals surface area contributed by atoms with E-state index in [1.165, 1.54) is 35.6 Å². The number of fused-ring (bicyclic) bond motifs is 1. The fourth-order valence-electron chi connectivity index (χ4n) is 2.23. The monoisotopic (exact) mass is 353 g/mol. The van der Waals surface area contributed by atoms with Crippen molar-refractivity contribution in [1.82, 2.24) is 4.98 Å². The van der Waals surface area contributed by atoms with Gasteiger partial charge in [0.15, 0.2) is 5.60 Å². The number of alkyl halides is 3. The molecule has 0 radical (unpaired) electrons. The van der Waals surface area contributed by atoms with Crippen molar-refractivity contribution in [1.29, 1.82) is 0 Å². The number of halogens is 3. The summed E-state index contributed by atoms with van der Waals surface area (Å²) in [6.07, 6.45) is -4.75. The van der Waals surface area contributed by atoms with Gasteiger partial charge in [0.1, 0.15) is 11.5 Å². The maximum atomic E-state index is 12.8. The molecule has 3 nitrogen and oxygen atoms in total. The van der Waals surface area contributed by atoms with Crippen molar-refractivity contribution in [2.45, 2.75) is 25.6 Å². The van der Waals surface area contributed by atoms with Crippen LogP contribution in [-0.2, 0) is 5.60 Å². The number of thiazole rings is 1. The summed E-state index contributed by atoms with van der Waals surface area (Å²) < 4.78 is 45.1. The summed E-state index contributed by atoms with van der Waals surface area (Å²) in [4.78, 5) is 4.35. The Bertz CT molecular complexity index is 870. The lowest BCUT2D eigenvalue weighted by molar-refractivity contribution is -0.258. The van der Waals surface area contributed by atoms with Gasteiger partial charge in [0.05, 0.1) is 15.2 Å². The third kappa shape index (κ3) is 3.09. The fourth-order valence-corrected chi connectivity index (χ4v) is 3.09. The van der Waals surface area contributed by atoms with Gasteiger partial charge in [-0.2, -0.15) is 13.2 Å². The van der Waals surface area contributed by atoms with E-state index in [2.05, 4.69) is 4.98 Å². The molecule has 7 heteroatoms. The molecule has 0 saturated carbocycles. The van der Waals surface area contributed by atoms with Crippen LogP contribution in [0.4, 0.5) is 13.2 Å². The van der Waals surface area contributed by atoms with Gasteiger partial charge in [-0.1, -0.05) is 12.1 Å². The molecule has 0 amide bonds. The maximum absolute atomic E-state index is 12.8. The summed E-state index contributed by atoms with van der Waals surface area (Å²) in [6, 6.07) is 10.6. The number of aliphatic hydroxyl groups is 1. The molecule has 1 N–H and O–H groups in total. The summed E-state index contributed by atoms with van der Waals surface area (Å²) in [6.45, 7) is 2.64. The van der Waals surface area contributed by atoms with E-state index >= 15 is 0 Å². The van der Waals surface area contributed by atoms with Crippen LogP contribution in [-0.4, -0.2) is 16.3 Å². The van der Waals surface area contributed by atoms with Crippen LogP contribution in [0.2, 0.25) is 0 Å². The molecule has 0 fully saturated rings. The molecule has 1 heterocycles. The molecule has 0 spiro atoms. The van der Waals surface area contributed by atoms with Crippen LogP contribution in [0.15, 0.2) is 42.5 Å². The van der Waals surface area contributed by atoms with Gasteiger partial charge in [0, 0.05) is 6.07 Å². The Kier molecular flexibility index (Phi) is 4.01. The van der Waals surface area contributed by atoms with Crippen LogP contribution in [0.1, 0.15) is 17.5 Å². The highest BCUT2D eigenvalue weighted by atomic mass is 32.1. The fraction of sp³-hybridized carbons (Fsp3) is 0.235. The predicted molar refractivity (Wildman–Crippen MR) is 86.5 cm³/mol. The average Bonchev–Trinajstić information content (AvgIpc) is 2.86. The van der Waals surface area contributed by atoms with E-state index in [1.807, 2.05) is 19.1 Å². The third-order valence-electron chi connectivity index (χ3n) is 3.67. The highest BCUT2D eigenvalue weighted by molar-refractivity contribution is 7.18. The Labute approximate surface area is 140 Å². The first-order valence-corrected chi connectivity index (χ1v) is 7.93. The van der Waals surface area contributed by atoms with Gasteiger partial charge in [0.2, 0.25) is 0 Å². The highest BCUT2D eigenvalue weighted by Gasteiger charge is 2.51. The number of rotatable bonds is 3. The first-order chi connectivity index (χ1) is 11.2. The van der Waals surface area contributed by atoms with Crippen molar-refractivity contribution in [2.75, 3.05) is 0 Å². The topological polar surface area (TPSA) is 42.4 Å². The maximum Gasteiger partial charge on any atom is 0.421 e. The molecular weight excluding hydrogens is 339 g/mol. The molecule has 1 aromatic heterocycles. The quantitative estimate of drug-likeness (QED) is 0.707. The second-order valence-electron chi connectivity index (χ2n) is 5.56. The number of hydrogen-bond donors (Lipinski definition) is 1. The molecule has 2 aromatic carbocycles. The van der Waals surface area contributed by atoms with Crippen LogP contribution < -0.4 is 4.74 Å². The van der Waals surface area contributed by atoms with Gasteiger partial charge in [-0.15, -0.1) is 11.3 Å². The molecule has 0 saturated heterocycles. The zero-order valence-electron chi connectivity index (χ0n) is 12.9.